The second-order valence-corrected chi connectivity index (χ2v) is 10.1. The maximum absolute atomic E-state index is 12.3. The Labute approximate surface area is 190 Å². The molecule has 0 saturated carbocycles. The molecule has 0 aliphatic heterocycles. The number of benzene rings is 1. The van der Waals surface area contributed by atoms with Gasteiger partial charge in [-0.3, -0.25) is 9.78 Å². The van der Waals surface area contributed by atoms with E-state index in [0.717, 1.165) is 5.52 Å². The summed E-state index contributed by atoms with van der Waals surface area (Å²) in [6, 6.07) is 6.91. The van der Waals surface area contributed by atoms with E-state index in [0.29, 0.717) is 34.0 Å². The first kappa shape index (κ1) is 22.1. The molecule has 0 atom stereocenters. The number of primary amides is 1. The van der Waals surface area contributed by atoms with Crippen molar-refractivity contribution in [3.8, 4) is 11.3 Å². The standard InChI is InChI=1S/C21H23N9O2S/c1-23-20-17(14-9-24-10-15-16(14)25-11-30(15)2)27-18(19(22)31)21(28-20)26-12-5-7-13(8-6-12)29-33(3,4)32/h5-11H,1-4H3,(H2,22,31)(H2,23,26,28). The SMILES string of the molecule is CNc1nc(Nc2ccc(N=S(C)(C)=O)cc2)c(C(N)=O)nc1-c1cncc2c1ncn2C. The van der Waals surface area contributed by atoms with Crippen molar-refractivity contribution in [2.75, 3.05) is 30.2 Å². The van der Waals surface area contributed by atoms with Gasteiger partial charge < -0.3 is 20.9 Å². The number of carbonyl (C=O) groups excluding carboxylic acids is 1. The van der Waals surface area contributed by atoms with Crippen LogP contribution < -0.4 is 16.4 Å². The number of nitrogens with two attached hydrogens (primary N) is 1. The van der Waals surface area contributed by atoms with Gasteiger partial charge in [0.2, 0.25) is 0 Å². The Morgan fingerprint density at radius 3 is 2.48 bits per heavy atom. The summed E-state index contributed by atoms with van der Waals surface area (Å²) < 4.78 is 17.9. The first-order chi connectivity index (χ1) is 15.7. The molecule has 3 heterocycles. The van der Waals surface area contributed by atoms with E-state index in [1.54, 1.807) is 62.5 Å². The molecule has 0 radical (unpaired) electrons. The number of pyridine rings is 1. The maximum atomic E-state index is 12.3. The number of aromatic nitrogens is 5. The van der Waals surface area contributed by atoms with Crippen molar-refractivity contribution in [3.05, 3.63) is 48.7 Å². The Balaban J connectivity index is 1.79. The minimum Gasteiger partial charge on any atom is -0.371 e. The van der Waals surface area contributed by atoms with Crippen molar-refractivity contribution >= 4 is 49.7 Å². The van der Waals surface area contributed by atoms with E-state index in [9.17, 15) is 9.00 Å². The molecule has 3 aromatic heterocycles. The zero-order valence-electron chi connectivity index (χ0n) is 18.5. The van der Waals surface area contributed by atoms with Gasteiger partial charge in [0.15, 0.2) is 17.3 Å². The van der Waals surface area contributed by atoms with Crippen LogP contribution in [0.3, 0.4) is 0 Å². The van der Waals surface area contributed by atoms with Crippen LogP contribution in [0.5, 0.6) is 0 Å². The molecule has 0 spiro atoms. The fraction of sp³-hybridized carbons (Fsp3) is 0.190. The first-order valence-corrected chi connectivity index (χ1v) is 12.2. The molecule has 1 aromatic carbocycles. The van der Waals surface area contributed by atoms with Crippen molar-refractivity contribution < 1.29 is 9.00 Å². The van der Waals surface area contributed by atoms with E-state index >= 15 is 0 Å². The van der Waals surface area contributed by atoms with E-state index in [1.807, 2.05) is 11.6 Å². The number of carbonyl (C=O) groups is 1. The summed E-state index contributed by atoms with van der Waals surface area (Å²) in [6.45, 7) is 0. The van der Waals surface area contributed by atoms with E-state index < -0.39 is 15.6 Å². The van der Waals surface area contributed by atoms with Crippen LogP contribution in [0, 0.1) is 0 Å². The lowest BCUT2D eigenvalue weighted by Gasteiger charge is -2.14. The summed E-state index contributed by atoms with van der Waals surface area (Å²) in [5.41, 5.74) is 9.33. The lowest BCUT2D eigenvalue weighted by molar-refractivity contribution is 0.0996. The molecular weight excluding hydrogens is 442 g/mol. The number of nitrogens with one attached hydrogen (secondary N) is 2. The van der Waals surface area contributed by atoms with Crippen LogP contribution in [0.1, 0.15) is 10.5 Å². The number of nitrogens with zero attached hydrogens (tertiary/aromatic N) is 6. The quantitative estimate of drug-likeness (QED) is 0.393. The molecule has 4 rings (SSSR count). The molecule has 0 bridgehead atoms. The number of aryl methyl sites for hydroxylation is 1. The smallest absolute Gasteiger partial charge is 0.271 e. The van der Waals surface area contributed by atoms with Crippen LogP contribution in [0.25, 0.3) is 22.3 Å². The number of fused-ring (bicyclic) bond motifs is 1. The lowest BCUT2D eigenvalue weighted by atomic mass is 10.1. The van der Waals surface area contributed by atoms with E-state index in [1.165, 1.54) is 0 Å². The molecule has 0 unspecified atom stereocenters. The largest absolute Gasteiger partial charge is 0.371 e. The highest BCUT2D eigenvalue weighted by molar-refractivity contribution is 7.92. The van der Waals surface area contributed by atoms with Crippen molar-refractivity contribution in [3.63, 3.8) is 0 Å². The summed E-state index contributed by atoms with van der Waals surface area (Å²) in [5, 5.41) is 6.09. The molecule has 4 N–H and O–H groups in total. The minimum atomic E-state index is -2.27. The molecular formula is C21H23N9O2S. The second-order valence-electron chi connectivity index (χ2n) is 7.59. The predicted octanol–water partition coefficient (Wildman–Crippen LogP) is 2.67. The molecule has 170 valence electrons. The topological polar surface area (TPSA) is 153 Å². The number of hydrogen-bond donors (Lipinski definition) is 3. The molecule has 4 aromatic rings. The van der Waals surface area contributed by atoms with E-state index in [-0.39, 0.29) is 11.5 Å². The van der Waals surface area contributed by atoms with E-state index in [4.69, 9.17) is 5.73 Å². The summed E-state index contributed by atoms with van der Waals surface area (Å²) in [6.07, 6.45) is 8.14. The first-order valence-electron chi connectivity index (χ1n) is 9.85. The van der Waals surface area contributed by atoms with Gasteiger partial charge in [-0.1, -0.05) is 0 Å². The highest BCUT2D eigenvalue weighted by Crippen LogP contribution is 2.32. The molecule has 0 fully saturated rings. The zero-order chi connectivity index (χ0) is 23.8. The Hall–Kier alpha value is -4.06. The third-order valence-electron chi connectivity index (χ3n) is 4.71. The average Bonchev–Trinajstić information content (AvgIpc) is 3.14. The van der Waals surface area contributed by atoms with Crippen molar-refractivity contribution in [2.45, 2.75) is 0 Å². The third-order valence-corrected chi connectivity index (χ3v) is 5.37. The zero-order valence-corrected chi connectivity index (χ0v) is 19.3. The van der Waals surface area contributed by atoms with Gasteiger partial charge in [-0.25, -0.2) is 19.2 Å². The molecule has 1 amide bonds. The average molecular weight is 466 g/mol. The minimum absolute atomic E-state index is 0.0316. The Bertz CT molecular complexity index is 1480. The van der Waals surface area contributed by atoms with Crippen LogP contribution in [0.2, 0.25) is 0 Å². The highest BCUT2D eigenvalue weighted by Gasteiger charge is 2.21. The number of anilines is 3. The Morgan fingerprint density at radius 2 is 1.85 bits per heavy atom. The number of hydrogen-bond acceptors (Lipinski definition) is 9. The molecule has 12 heteroatoms. The Kier molecular flexibility index (Phi) is 5.68. The van der Waals surface area contributed by atoms with Gasteiger partial charge in [-0.2, -0.15) is 4.36 Å². The van der Waals surface area contributed by atoms with Gasteiger partial charge in [-0.05, 0) is 24.3 Å². The van der Waals surface area contributed by atoms with Crippen LogP contribution >= 0.6 is 0 Å². The normalized spacial score (nSPS) is 11.4. The fourth-order valence-electron chi connectivity index (χ4n) is 3.27. The Morgan fingerprint density at radius 1 is 1.12 bits per heavy atom. The molecule has 11 nitrogen and oxygen atoms in total. The van der Waals surface area contributed by atoms with Crippen LogP contribution in [-0.4, -0.2) is 54.2 Å². The molecule has 33 heavy (non-hydrogen) atoms. The summed E-state index contributed by atoms with van der Waals surface area (Å²) in [4.78, 5) is 30.1. The highest BCUT2D eigenvalue weighted by atomic mass is 32.2. The van der Waals surface area contributed by atoms with Gasteiger partial charge in [0, 0.05) is 48.2 Å². The second kappa shape index (κ2) is 8.47. The van der Waals surface area contributed by atoms with Crippen molar-refractivity contribution in [1.82, 2.24) is 24.5 Å². The summed E-state index contributed by atoms with van der Waals surface area (Å²) >= 11 is 0. The fourth-order valence-corrected chi connectivity index (χ4v) is 3.90. The molecule has 0 saturated heterocycles. The molecule has 0 aliphatic carbocycles. The summed E-state index contributed by atoms with van der Waals surface area (Å²) in [5.74, 6) is -0.125. The van der Waals surface area contributed by atoms with Crippen LogP contribution in [0.15, 0.2) is 47.3 Å². The van der Waals surface area contributed by atoms with E-state index in [2.05, 4.69) is 34.9 Å². The van der Waals surface area contributed by atoms with Crippen LogP contribution in [0.4, 0.5) is 23.0 Å². The van der Waals surface area contributed by atoms with Crippen molar-refractivity contribution in [1.29, 1.82) is 0 Å². The van der Waals surface area contributed by atoms with Crippen molar-refractivity contribution in [2.24, 2.45) is 17.1 Å². The van der Waals surface area contributed by atoms with Gasteiger partial charge >= 0.3 is 0 Å². The number of imidazole rings is 1. The monoisotopic (exact) mass is 465 g/mol. The van der Waals surface area contributed by atoms with Gasteiger partial charge in [0.25, 0.3) is 5.91 Å². The van der Waals surface area contributed by atoms with Gasteiger partial charge in [0.1, 0.15) is 11.2 Å². The predicted molar refractivity (Wildman–Crippen MR) is 129 cm³/mol. The third kappa shape index (κ3) is 4.60. The number of amides is 1. The van der Waals surface area contributed by atoms with Crippen LogP contribution in [-0.2, 0) is 16.8 Å². The molecule has 0 aliphatic rings. The summed E-state index contributed by atoms with van der Waals surface area (Å²) in [7, 11) is 1.30. The van der Waals surface area contributed by atoms with Gasteiger partial charge in [0.05, 0.1) is 29.3 Å². The maximum Gasteiger partial charge on any atom is 0.271 e. The van der Waals surface area contributed by atoms with Gasteiger partial charge in [-0.15, -0.1) is 0 Å². The lowest BCUT2D eigenvalue weighted by Crippen LogP contribution is -2.18. The number of rotatable bonds is 6.